The van der Waals surface area contributed by atoms with Crippen molar-refractivity contribution in [2.45, 2.75) is 25.5 Å². The maximum absolute atomic E-state index is 9.75. The summed E-state index contributed by atoms with van der Waals surface area (Å²) in [6.07, 6.45) is 1.98. The normalized spacial score (nSPS) is 19.8. The molecule has 0 radical (unpaired) electrons. The number of furan rings is 1. The standard InChI is InChI=1S/C10H10BrN3O2/c11-7-5-4-6(16-7)10-12-8-2-1-3-9(15)14(8)13-10/h4-5,9,15H,1-3H2. The van der Waals surface area contributed by atoms with Gasteiger partial charge in [-0.15, -0.1) is 5.10 Å². The number of aryl methyl sites for hydroxylation is 1. The van der Waals surface area contributed by atoms with Crippen LogP contribution >= 0.6 is 15.9 Å². The number of nitrogens with zero attached hydrogens (tertiary/aromatic N) is 3. The second-order valence-corrected chi connectivity index (χ2v) is 4.55. The zero-order valence-electron chi connectivity index (χ0n) is 8.43. The molecule has 0 saturated heterocycles. The van der Waals surface area contributed by atoms with Gasteiger partial charge in [-0.3, -0.25) is 0 Å². The van der Waals surface area contributed by atoms with E-state index in [0.29, 0.717) is 16.3 Å². The molecule has 16 heavy (non-hydrogen) atoms. The number of aliphatic hydroxyl groups excluding tert-OH is 1. The van der Waals surface area contributed by atoms with Crippen LogP contribution in [0, 0.1) is 0 Å². The van der Waals surface area contributed by atoms with E-state index in [2.05, 4.69) is 26.0 Å². The molecule has 1 N–H and O–H groups in total. The molecular weight excluding hydrogens is 274 g/mol. The second kappa shape index (κ2) is 3.71. The van der Waals surface area contributed by atoms with E-state index in [1.54, 1.807) is 16.8 Å². The summed E-state index contributed by atoms with van der Waals surface area (Å²) in [5.41, 5.74) is 0. The molecule has 0 bridgehead atoms. The molecule has 6 heteroatoms. The van der Waals surface area contributed by atoms with Gasteiger partial charge in [0, 0.05) is 6.42 Å². The molecule has 0 aromatic carbocycles. The number of rotatable bonds is 1. The van der Waals surface area contributed by atoms with Crippen molar-refractivity contribution in [3.05, 3.63) is 22.6 Å². The van der Waals surface area contributed by atoms with Gasteiger partial charge in [-0.05, 0) is 40.9 Å². The van der Waals surface area contributed by atoms with Crippen molar-refractivity contribution >= 4 is 15.9 Å². The fourth-order valence-corrected chi connectivity index (χ4v) is 2.18. The monoisotopic (exact) mass is 283 g/mol. The van der Waals surface area contributed by atoms with Gasteiger partial charge in [-0.25, -0.2) is 9.67 Å². The van der Waals surface area contributed by atoms with Crippen LogP contribution in [0.15, 0.2) is 21.2 Å². The minimum Gasteiger partial charge on any atom is -0.446 e. The average molecular weight is 284 g/mol. The Morgan fingerprint density at radius 1 is 1.50 bits per heavy atom. The number of aliphatic hydroxyl groups is 1. The zero-order chi connectivity index (χ0) is 11.1. The quantitative estimate of drug-likeness (QED) is 0.871. The van der Waals surface area contributed by atoms with E-state index in [-0.39, 0.29) is 0 Å². The van der Waals surface area contributed by atoms with Crippen LogP contribution in [0.25, 0.3) is 11.6 Å². The molecule has 84 valence electrons. The molecule has 1 unspecified atom stereocenters. The fourth-order valence-electron chi connectivity index (χ4n) is 1.87. The van der Waals surface area contributed by atoms with E-state index in [1.165, 1.54) is 0 Å². The van der Waals surface area contributed by atoms with Gasteiger partial charge in [0.25, 0.3) is 0 Å². The maximum Gasteiger partial charge on any atom is 0.217 e. The van der Waals surface area contributed by atoms with Crippen LogP contribution in [0.3, 0.4) is 0 Å². The first-order valence-corrected chi connectivity index (χ1v) is 5.92. The smallest absolute Gasteiger partial charge is 0.217 e. The summed E-state index contributed by atoms with van der Waals surface area (Å²) in [4.78, 5) is 4.36. The van der Waals surface area contributed by atoms with Crippen LogP contribution < -0.4 is 0 Å². The van der Waals surface area contributed by atoms with E-state index in [0.717, 1.165) is 25.1 Å². The van der Waals surface area contributed by atoms with Crippen molar-refractivity contribution in [3.63, 3.8) is 0 Å². The molecule has 1 aliphatic rings. The topological polar surface area (TPSA) is 64.1 Å². The van der Waals surface area contributed by atoms with E-state index in [1.807, 2.05) is 0 Å². The Balaban J connectivity index is 2.04. The van der Waals surface area contributed by atoms with E-state index >= 15 is 0 Å². The van der Waals surface area contributed by atoms with E-state index in [4.69, 9.17) is 4.42 Å². The van der Waals surface area contributed by atoms with Gasteiger partial charge in [0.1, 0.15) is 12.1 Å². The van der Waals surface area contributed by atoms with Gasteiger partial charge in [0.05, 0.1) is 0 Å². The largest absolute Gasteiger partial charge is 0.446 e. The van der Waals surface area contributed by atoms with Crippen molar-refractivity contribution in [2.75, 3.05) is 0 Å². The highest BCUT2D eigenvalue weighted by atomic mass is 79.9. The van der Waals surface area contributed by atoms with Crippen LogP contribution in [-0.2, 0) is 6.42 Å². The molecule has 2 aromatic heterocycles. The van der Waals surface area contributed by atoms with E-state index < -0.39 is 6.23 Å². The highest BCUT2D eigenvalue weighted by molar-refractivity contribution is 9.10. The summed E-state index contributed by atoms with van der Waals surface area (Å²) >= 11 is 3.23. The number of hydrogen-bond donors (Lipinski definition) is 1. The Morgan fingerprint density at radius 3 is 3.06 bits per heavy atom. The molecule has 1 aliphatic heterocycles. The van der Waals surface area contributed by atoms with Crippen molar-refractivity contribution < 1.29 is 9.52 Å². The summed E-state index contributed by atoms with van der Waals surface area (Å²) in [6.45, 7) is 0. The van der Waals surface area contributed by atoms with Crippen LogP contribution in [-0.4, -0.2) is 19.9 Å². The second-order valence-electron chi connectivity index (χ2n) is 3.77. The van der Waals surface area contributed by atoms with Gasteiger partial charge in [-0.2, -0.15) is 0 Å². The molecule has 0 spiro atoms. The SMILES string of the molecule is OC1CCCc2nc(-c3ccc(Br)o3)nn21. The average Bonchev–Trinajstić information content (AvgIpc) is 2.84. The molecule has 3 rings (SSSR count). The molecule has 2 aromatic rings. The summed E-state index contributed by atoms with van der Waals surface area (Å²) in [5.74, 6) is 1.96. The molecule has 0 amide bonds. The van der Waals surface area contributed by atoms with Gasteiger partial charge in [0.2, 0.25) is 5.82 Å². The lowest BCUT2D eigenvalue weighted by atomic mass is 10.1. The van der Waals surface area contributed by atoms with Crippen LogP contribution in [0.4, 0.5) is 0 Å². The number of aromatic nitrogens is 3. The molecule has 0 fully saturated rings. The first-order chi connectivity index (χ1) is 7.74. The third-order valence-electron chi connectivity index (χ3n) is 2.64. The summed E-state index contributed by atoms with van der Waals surface area (Å²) in [7, 11) is 0. The molecule has 0 saturated carbocycles. The van der Waals surface area contributed by atoms with Gasteiger partial charge >= 0.3 is 0 Å². The Morgan fingerprint density at radius 2 is 2.38 bits per heavy atom. The predicted octanol–water partition coefficient (Wildman–Crippen LogP) is 2.13. The molecule has 0 aliphatic carbocycles. The number of hydrogen-bond acceptors (Lipinski definition) is 4. The highest BCUT2D eigenvalue weighted by Crippen LogP contribution is 2.26. The first-order valence-electron chi connectivity index (χ1n) is 5.13. The van der Waals surface area contributed by atoms with Crippen molar-refractivity contribution in [2.24, 2.45) is 0 Å². The minimum atomic E-state index is -0.552. The Hall–Kier alpha value is -1.14. The summed E-state index contributed by atoms with van der Waals surface area (Å²) in [6, 6.07) is 3.60. The molecule has 1 atom stereocenters. The molecule has 3 heterocycles. The zero-order valence-corrected chi connectivity index (χ0v) is 10.0. The maximum atomic E-state index is 9.75. The first kappa shape index (κ1) is 10.0. The molecule has 5 nitrogen and oxygen atoms in total. The van der Waals surface area contributed by atoms with Gasteiger partial charge in [0.15, 0.2) is 10.4 Å². The minimum absolute atomic E-state index is 0.529. The van der Waals surface area contributed by atoms with Crippen LogP contribution in [0.2, 0.25) is 0 Å². The van der Waals surface area contributed by atoms with Gasteiger partial charge < -0.3 is 9.52 Å². The third kappa shape index (κ3) is 1.58. The summed E-state index contributed by atoms with van der Waals surface area (Å²) < 4.78 is 7.61. The predicted molar refractivity (Wildman–Crippen MR) is 59.6 cm³/mol. The van der Waals surface area contributed by atoms with E-state index in [9.17, 15) is 5.11 Å². The van der Waals surface area contributed by atoms with Crippen molar-refractivity contribution in [1.29, 1.82) is 0 Å². The lowest BCUT2D eigenvalue weighted by molar-refractivity contribution is 0.0647. The Bertz CT molecular complexity index is 520. The molecular formula is C10H10BrN3O2. The Kier molecular flexibility index (Phi) is 2.33. The number of fused-ring (bicyclic) bond motifs is 1. The van der Waals surface area contributed by atoms with Crippen LogP contribution in [0.5, 0.6) is 0 Å². The van der Waals surface area contributed by atoms with Crippen molar-refractivity contribution in [1.82, 2.24) is 14.8 Å². The number of halogens is 1. The highest BCUT2D eigenvalue weighted by Gasteiger charge is 2.22. The third-order valence-corrected chi connectivity index (χ3v) is 3.07. The fraction of sp³-hybridized carbons (Fsp3) is 0.400. The lowest BCUT2D eigenvalue weighted by Crippen LogP contribution is -2.18. The van der Waals surface area contributed by atoms with Crippen LogP contribution in [0.1, 0.15) is 24.9 Å². The summed E-state index contributed by atoms with van der Waals surface area (Å²) in [5, 5.41) is 14.0. The Labute approximate surface area is 100 Å². The van der Waals surface area contributed by atoms with Gasteiger partial charge in [-0.1, -0.05) is 0 Å². The van der Waals surface area contributed by atoms with Crippen molar-refractivity contribution in [3.8, 4) is 11.6 Å². The lowest BCUT2D eigenvalue weighted by Gasteiger charge is -2.17.